The Morgan fingerprint density at radius 2 is 2.21 bits per heavy atom. The molecule has 0 saturated carbocycles. The molecule has 0 rings (SSSR count). The SMILES string of the molecule is C=CC(=O)OCC[Si](OC)OC(C)C. The Morgan fingerprint density at radius 1 is 1.57 bits per heavy atom. The number of esters is 1. The van der Waals surface area contributed by atoms with Crippen LogP contribution in [-0.2, 0) is 18.4 Å². The number of hydrogen-bond acceptors (Lipinski definition) is 4. The fourth-order valence-electron chi connectivity index (χ4n) is 0.766. The summed E-state index contributed by atoms with van der Waals surface area (Å²) in [6, 6.07) is 0.624. The van der Waals surface area contributed by atoms with Gasteiger partial charge in [0.2, 0.25) is 0 Å². The summed E-state index contributed by atoms with van der Waals surface area (Å²) in [5.41, 5.74) is 0. The van der Waals surface area contributed by atoms with Gasteiger partial charge in [0.25, 0.3) is 0 Å². The van der Waals surface area contributed by atoms with Crippen LogP contribution in [0.25, 0.3) is 0 Å². The molecule has 0 saturated heterocycles. The molecule has 1 radical (unpaired) electrons. The standard InChI is InChI=1S/C9H17O4Si/c1-5-9(10)12-6-7-14(11-4)13-8(2)3/h5,8H,1,6-7H2,2-4H3. The molecule has 5 heteroatoms. The van der Waals surface area contributed by atoms with Gasteiger partial charge in [0.1, 0.15) is 0 Å². The predicted octanol–water partition coefficient (Wildman–Crippen LogP) is 1.28. The second-order valence-electron chi connectivity index (χ2n) is 2.86. The third-order valence-electron chi connectivity index (χ3n) is 1.31. The van der Waals surface area contributed by atoms with Gasteiger partial charge in [-0.2, -0.15) is 0 Å². The Kier molecular flexibility index (Phi) is 7.36. The van der Waals surface area contributed by atoms with E-state index < -0.39 is 15.3 Å². The molecule has 4 nitrogen and oxygen atoms in total. The van der Waals surface area contributed by atoms with Crippen LogP contribution in [0.2, 0.25) is 6.04 Å². The van der Waals surface area contributed by atoms with Crippen LogP contribution in [0.3, 0.4) is 0 Å². The maximum absolute atomic E-state index is 10.7. The number of carbonyl (C=O) groups excluding carboxylic acids is 1. The van der Waals surface area contributed by atoms with Gasteiger partial charge in [-0.25, -0.2) is 4.79 Å². The Balaban J connectivity index is 3.62. The predicted molar refractivity (Wildman–Crippen MR) is 54.9 cm³/mol. The van der Waals surface area contributed by atoms with Gasteiger partial charge >= 0.3 is 15.3 Å². The van der Waals surface area contributed by atoms with E-state index in [2.05, 4.69) is 6.58 Å². The quantitative estimate of drug-likeness (QED) is 0.366. The topological polar surface area (TPSA) is 44.8 Å². The molecule has 0 atom stereocenters. The molecule has 0 fully saturated rings. The fraction of sp³-hybridized carbons (Fsp3) is 0.667. The first-order chi connectivity index (χ1) is 6.60. The van der Waals surface area contributed by atoms with Crippen LogP contribution >= 0.6 is 0 Å². The number of hydrogen-bond donors (Lipinski definition) is 0. The van der Waals surface area contributed by atoms with Gasteiger partial charge < -0.3 is 13.6 Å². The maximum Gasteiger partial charge on any atom is 0.388 e. The van der Waals surface area contributed by atoms with Crippen molar-refractivity contribution < 1.29 is 18.4 Å². The largest absolute Gasteiger partial charge is 0.463 e. The van der Waals surface area contributed by atoms with Crippen LogP contribution in [0, 0.1) is 0 Å². The average molecular weight is 217 g/mol. The molecular weight excluding hydrogens is 200 g/mol. The van der Waals surface area contributed by atoms with Gasteiger partial charge in [-0.05, 0) is 13.8 Å². The van der Waals surface area contributed by atoms with Crippen LogP contribution in [-0.4, -0.2) is 35.1 Å². The normalized spacial score (nSPS) is 10.6. The summed E-state index contributed by atoms with van der Waals surface area (Å²) < 4.78 is 15.4. The second-order valence-corrected chi connectivity index (χ2v) is 4.75. The van der Waals surface area contributed by atoms with Crippen LogP contribution in [0.15, 0.2) is 12.7 Å². The smallest absolute Gasteiger partial charge is 0.388 e. The fourth-order valence-corrected chi connectivity index (χ4v) is 1.98. The van der Waals surface area contributed by atoms with E-state index in [0.29, 0.717) is 12.7 Å². The van der Waals surface area contributed by atoms with E-state index >= 15 is 0 Å². The van der Waals surface area contributed by atoms with Crippen molar-refractivity contribution in [2.45, 2.75) is 26.0 Å². The third-order valence-corrected chi connectivity index (χ3v) is 3.11. The lowest BCUT2D eigenvalue weighted by molar-refractivity contribution is -0.137. The molecule has 14 heavy (non-hydrogen) atoms. The van der Waals surface area contributed by atoms with E-state index in [1.54, 1.807) is 7.11 Å². The highest BCUT2D eigenvalue weighted by Gasteiger charge is 2.16. The molecule has 0 aromatic rings. The molecule has 81 valence electrons. The number of rotatable bonds is 7. The first-order valence-electron chi connectivity index (χ1n) is 4.45. The van der Waals surface area contributed by atoms with Gasteiger partial charge in [0.15, 0.2) is 0 Å². The molecule has 0 aromatic carbocycles. The van der Waals surface area contributed by atoms with Crippen molar-refractivity contribution in [3.05, 3.63) is 12.7 Å². The molecule has 0 spiro atoms. The zero-order valence-corrected chi connectivity index (χ0v) is 9.91. The van der Waals surface area contributed by atoms with E-state index in [9.17, 15) is 4.79 Å². The number of ether oxygens (including phenoxy) is 1. The van der Waals surface area contributed by atoms with Crippen molar-refractivity contribution in [3.8, 4) is 0 Å². The molecule has 0 unspecified atom stereocenters. The maximum atomic E-state index is 10.7. The molecule has 0 heterocycles. The summed E-state index contributed by atoms with van der Waals surface area (Å²) in [6.45, 7) is 7.51. The van der Waals surface area contributed by atoms with Crippen LogP contribution in [0.5, 0.6) is 0 Å². The van der Waals surface area contributed by atoms with E-state index in [4.69, 9.17) is 13.6 Å². The van der Waals surface area contributed by atoms with Gasteiger partial charge in [0, 0.05) is 25.3 Å². The molecule has 0 aliphatic carbocycles. The molecule has 0 aromatic heterocycles. The minimum atomic E-state index is -1.30. The molecular formula is C9H17O4Si. The minimum absolute atomic E-state index is 0.138. The number of carbonyl (C=O) groups is 1. The molecule has 0 bridgehead atoms. The van der Waals surface area contributed by atoms with Crippen LogP contribution < -0.4 is 0 Å². The van der Waals surface area contributed by atoms with Crippen molar-refractivity contribution >= 4 is 15.3 Å². The highest BCUT2D eigenvalue weighted by molar-refractivity contribution is 6.44. The van der Waals surface area contributed by atoms with E-state index in [-0.39, 0.29) is 6.10 Å². The molecule has 0 N–H and O–H groups in total. The molecule has 0 aliphatic heterocycles. The highest BCUT2D eigenvalue weighted by atomic mass is 28.3. The van der Waals surface area contributed by atoms with Gasteiger partial charge in [-0.15, -0.1) is 0 Å². The average Bonchev–Trinajstić information content (AvgIpc) is 2.15. The Bertz CT molecular complexity index is 182. The minimum Gasteiger partial charge on any atom is -0.463 e. The van der Waals surface area contributed by atoms with Crippen molar-refractivity contribution in [1.29, 1.82) is 0 Å². The first-order valence-corrected chi connectivity index (χ1v) is 5.98. The monoisotopic (exact) mass is 217 g/mol. The van der Waals surface area contributed by atoms with E-state index in [0.717, 1.165) is 6.08 Å². The third kappa shape index (κ3) is 6.82. The second kappa shape index (κ2) is 7.72. The zero-order chi connectivity index (χ0) is 11.0. The summed E-state index contributed by atoms with van der Waals surface area (Å²) in [6.07, 6.45) is 1.28. The van der Waals surface area contributed by atoms with Gasteiger partial charge in [-0.3, -0.25) is 0 Å². The molecule has 0 aliphatic rings. The van der Waals surface area contributed by atoms with Crippen LogP contribution in [0.1, 0.15) is 13.8 Å². The van der Waals surface area contributed by atoms with Crippen molar-refractivity contribution in [1.82, 2.24) is 0 Å². The van der Waals surface area contributed by atoms with E-state index in [1.807, 2.05) is 13.8 Å². The summed E-state index contributed by atoms with van der Waals surface area (Å²) in [5.74, 6) is -0.410. The highest BCUT2D eigenvalue weighted by Crippen LogP contribution is 2.01. The van der Waals surface area contributed by atoms with Crippen molar-refractivity contribution in [2.75, 3.05) is 13.7 Å². The Labute approximate surface area is 86.7 Å². The van der Waals surface area contributed by atoms with Gasteiger partial charge in [-0.1, -0.05) is 6.58 Å². The first kappa shape index (κ1) is 13.3. The lowest BCUT2D eigenvalue weighted by Gasteiger charge is -2.15. The summed E-state index contributed by atoms with van der Waals surface area (Å²) in [4.78, 5) is 10.7. The van der Waals surface area contributed by atoms with Crippen LogP contribution in [0.4, 0.5) is 0 Å². The summed E-state index contributed by atoms with van der Waals surface area (Å²) >= 11 is 0. The Morgan fingerprint density at radius 3 is 2.64 bits per heavy atom. The Hall–Kier alpha value is -0.653. The van der Waals surface area contributed by atoms with Crippen molar-refractivity contribution in [2.24, 2.45) is 0 Å². The molecule has 0 amide bonds. The van der Waals surface area contributed by atoms with Crippen molar-refractivity contribution in [3.63, 3.8) is 0 Å². The lowest BCUT2D eigenvalue weighted by Crippen LogP contribution is -2.26. The van der Waals surface area contributed by atoms with E-state index in [1.165, 1.54) is 0 Å². The summed E-state index contributed by atoms with van der Waals surface area (Å²) in [5, 5.41) is 0. The van der Waals surface area contributed by atoms with Gasteiger partial charge in [0.05, 0.1) is 6.61 Å². The zero-order valence-electron chi connectivity index (χ0n) is 8.91. The lowest BCUT2D eigenvalue weighted by atomic mass is 10.5. The summed E-state index contributed by atoms with van der Waals surface area (Å²) in [7, 11) is 0.304.